The van der Waals surface area contributed by atoms with Crippen molar-refractivity contribution in [3.05, 3.63) is 96.1 Å². The molecule has 0 saturated heterocycles. The maximum atomic E-state index is 15.3. The van der Waals surface area contributed by atoms with Gasteiger partial charge in [-0.3, -0.25) is 0 Å². The van der Waals surface area contributed by atoms with Crippen LogP contribution in [0, 0.1) is 6.92 Å². The molecular formula is C32H33F2NO3S. The average Bonchev–Trinajstić information content (AvgIpc) is 3.48. The van der Waals surface area contributed by atoms with Crippen molar-refractivity contribution in [1.82, 2.24) is 4.72 Å². The molecule has 4 aromatic carbocycles. The molecule has 1 unspecified atom stereocenters. The van der Waals surface area contributed by atoms with E-state index < -0.39 is 12.0 Å². The Balaban J connectivity index is 0.00000172. The summed E-state index contributed by atoms with van der Waals surface area (Å²) in [5, 5.41) is 9.00. The van der Waals surface area contributed by atoms with Crippen LogP contribution in [0.25, 0.3) is 21.9 Å². The minimum Gasteiger partial charge on any atom is -0.490 e. The molecule has 2 N–H and O–H groups in total. The van der Waals surface area contributed by atoms with Gasteiger partial charge >= 0.3 is 0 Å². The molecule has 1 atom stereocenters. The average molecular weight is 550 g/mol. The quantitative estimate of drug-likeness (QED) is 0.165. The molecule has 0 aromatic heterocycles. The number of nitrogens with one attached hydrogen (secondary N) is 1. The minimum absolute atomic E-state index is 0.207. The lowest BCUT2D eigenvalue weighted by atomic mass is 9.98. The van der Waals surface area contributed by atoms with E-state index in [1.165, 1.54) is 25.0 Å². The zero-order chi connectivity index (χ0) is 27.8. The largest absolute Gasteiger partial charge is 0.490 e. The molecule has 0 aliphatic heterocycles. The first kappa shape index (κ1) is 28.7. The van der Waals surface area contributed by atoms with E-state index in [1.54, 1.807) is 12.1 Å². The summed E-state index contributed by atoms with van der Waals surface area (Å²) < 4.78 is 39.3. The Morgan fingerprint density at radius 3 is 2.13 bits per heavy atom. The normalized spacial score (nSPS) is 14.5. The number of benzene rings is 4. The first-order valence-corrected chi connectivity index (χ1v) is 13.8. The van der Waals surface area contributed by atoms with E-state index in [1.807, 2.05) is 67.6 Å². The van der Waals surface area contributed by atoms with E-state index in [4.69, 9.17) is 9.84 Å². The molecule has 204 valence electrons. The first-order chi connectivity index (χ1) is 18.9. The summed E-state index contributed by atoms with van der Waals surface area (Å²) in [7, 11) is 1.00. The molecule has 0 spiro atoms. The van der Waals surface area contributed by atoms with Crippen LogP contribution in [-0.4, -0.2) is 30.6 Å². The van der Waals surface area contributed by atoms with Crippen molar-refractivity contribution in [3.63, 3.8) is 0 Å². The third-order valence-corrected chi connectivity index (χ3v) is 7.73. The Morgan fingerprint density at radius 2 is 1.49 bits per heavy atom. The number of hydrogen-bond acceptors (Lipinski definition) is 5. The summed E-state index contributed by atoms with van der Waals surface area (Å²) in [6.45, 7) is 2.00. The van der Waals surface area contributed by atoms with Gasteiger partial charge in [-0.05, 0) is 90.7 Å². The summed E-state index contributed by atoms with van der Waals surface area (Å²) in [4.78, 5) is 12.4. The number of alkyl halides is 2. The second-order valence-electron chi connectivity index (χ2n) is 9.60. The predicted octanol–water partition coefficient (Wildman–Crippen LogP) is 7.70. The number of ether oxygens (including phenoxy) is 1. The van der Waals surface area contributed by atoms with Gasteiger partial charge in [0, 0.05) is 17.6 Å². The number of rotatable bonds is 9. The van der Waals surface area contributed by atoms with Crippen LogP contribution in [0.4, 0.5) is 8.78 Å². The highest BCUT2D eigenvalue weighted by molar-refractivity contribution is 7.97. The van der Waals surface area contributed by atoms with Crippen molar-refractivity contribution in [1.29, 1.82) is 0 Å². The number of aliphatic hydroxyl groups is 1. The molecule has 7 heteroatoms. The lowest BCUT2D eigenvalue weighted by Gasteiger charge is -2.24. The van der Waals surface area contributed by atoms with Crippen molar-refractivity contribution in [3.8, 4) is 16.9 Å². The number of fused-ring (bicyclic) bond motifs is 1. The molecule has 0 bridgehead atoms. The maximum Gasteiger partial charge on any atom is 0.295 e. The second-order valence-corrected chi connectivity index (χ2v) is 10.5. The number of aryl methyl sites for hydroxylation is 1. The lowest BCUT2D eigenvalue weighted by Crippen LogP contribution is -2.41. The van der Waals surface area contributed by atoms with E-state index in [-0.39, 0.29) is 18.0 Å². The van der Waals surface area contributed by atoms with Gasteiger partial charge in [-0.2, -0.15) is 8.78 Å². The molecule has 1 aliphatic carbocycles. The van der Waals surface area contributed by atoms with Gasteiger partial charge in [0.05, 0.1) is 6.10 Å². The topological polar surface area (TPSA) is 58.6 Å². The third-order valence-electron chi connectivity index (χ3n) is 6.87. The molecule has 1 fully saturated rings. The Labute approximate surface area is 232 Å². The van der Waals surface area contributed by atoms with Crippen molar-refractivity contribution >= 4 is 29.0 Å². The minimum atomic E-state index is -3.37. The van der Waals surface area contributed by atoms with Gasteiger partial charge in [0.1, 0.15) is 18.1 Å². The molecule has 0 heterocycles. The van der Waals surface area contributed by atoms with Crippen LogP contribution in [0.2, 0.25) is 0 Å². The standard InChI is InChI=1S/C31H29F2NO2S.CH4O/c1-21-6-8-22(9-7-21)23-10-14-26(15-11-23)31(32,33)30(20-35)34-37-29-17-13-24-18-28(16-12-25(24)19-29)36-27-4-2-3-5-27;1-2/h6-20,27,30,34H,2-5H2,1H3;2H,1H3. The zero-order valence-electron chi connectivity index (χ0n) is 22.1. The summed E-state index contributed by atoms with van der Waals surface area (Å²) in [5.74, 6) is -2.52. The maximum absolute atomic E-state index is 15.3. The van der Waals surface area contributed by atoms with Crippen LogP contribution in [0.5, 0.6) is 5.75 Å². The molecule has 0 amide bonds. The SMILES string of the molecule is CO.Cc1ccc(-c2ccc(C(F)(F)C(C=O)NSc3ccc4cc(OC5CCCC5)ccc4c3)cc2)cc1. The van der Waals surface area contributed by atoms with Crippen LogP contribution >= 0.6 is 11.9 Å². The smallest absolute Gasteiger partial charge is 0.295 e. The Bertz CT molecular complexity index is 1370. The summed E-state index contributed by atoms with van der Waals surface area (Å²) in [6.07, 6.45) is 5.18. The van der Waals surface area contributed by atoms with E-state index in [0.717, 1.165) is 70.0 Å². The fraction of sp³-hybridized carbons (Fsp3) is 0.281. The van der Waals surface area contributed by atoms with Crippen LogP contribution in [-0.2, 0) is 10.7 Å². The van der Waals surface area contributed by atoms with Crippen molar-refractivity contribution in [2.45, 2.75) is 55.6 Å². The third kappa shape index (κ3) is 7.04. The Kier molecular flexibility index (Phi) is 9.73. The van der Waals surface area contributed by atoms with E-state index in [2.05, 4.69) is 4.72 Å². The van der Waals surface area contributed by atoms with Gasteiger partial charge in [-0.25, -0.2) is 4.72 Å². The molecular weight excluding hydrogens is 516 g/mol. The first-order valence-electron chi connectivity index (χ1n) is 13.0. The van der Waals surface area contributed by atoms with Gasteiger partial charge in [0.25, 0.3) is 5.92 Å². The monoisotopic (exact) mass is 549 g/mol. The molecule has 4 aromatic rings. The number of carbonyl (C=O) groups is 1. The highest BCUT2D eigenvalue weighted by Gasteiger charge is 2.41. The van der Waals surface area contributed by atoms with E-state index in [9.17, 15) is 4.79 Å². The number of carbonyl (C=O) groups excluding carboxylic acids is 1. The Hall–Kier alpha value is -3.26. The van der Waals surface area contributed by atoms with Gasteiger partial charge in [-0.1, -0.05) is 66.2 Å². The fourth-order valence-electron chi connectivity index (χ4n) is 4.67. The lowest BCUT2D eigenvalue weighted by molar-refractivity contribution is -0.119. The molecule has 39 heavy (non-hydrogen) atoms. The van der Waals surface area contributed by atoms with Crippen molar-refractivity contribution < 1.29 is 23.4 Å². The van der Waals surface area contributed by atoms with Crippen molar-refractivity contribution in [2.75, 3.05) is 7.11 Å². The molecule has 0 radical (unpaired) electrons. The Morgan fingerprint density at radius 1 is 0.897 bits per heavy atom. The van der Waals surface area contributed by atoms with Gasteiger partial charge < -0.3 is 14.6 Å². The summed E-state index contributed by atoms with van der Waals surface area (Å²) >= 11 is 1.03. The molecule has 1 aliphatic rings. The number of aldehydes is 1. The highest BCUT2D eigenvalue weighted by Crippen LogP contribution is 2.35. The van der Waals surface area contributed by atoms with Gasteiger partial charge in [0.2, 0.25) is 0 Å². The van der Waals surface area contributed by atoms with Crippen LogP contribution in [0.1, 0.15) is 36.8 Å². The second kappa shape index (κ2) is 13.2. The number of halogens is 2. The van der Waals surface area contributed by atoms with Crippen LogP contribution in [0.3, 0.4) is 0 Å². The van der Waals surface area contributed by atoms with Crippen LogP contribution < -0.4 is 9.46 Å². The number of aliphatic hydroxyl groups excluding tert-OH is 1. The molecule has 4 nitrogen and oxygen atoms in total. The van der Waals surface area contributed by atoms with Crippen molar-refractivity contribution in [2.24, 2.45) is 0 Å². The van der Waals surface area contributed by atoms with Gasteiger partial charge in [-0.15, -0.1) is 0 Å². The summed E-state index contributed by atoms with van der Waals surface area (Å²) in [5.41, 5.74) is 2.72. The van der Waals surface area contributed by atoms with Gasteiger partial charge in [0.15, 0.2) is 0 Å². The molecule has 1 saturated carbocycles. The fourth-order valence-corrected chi connectivity index (χ4v) is 5.46. The van der Waals surface area contributed by atoms with E-state index >= 15 is 8.78 Å². The summed E-state index contributed by atoms with van der Waals surface area (Å²) in [6, 6.07) is 24.0. The van der Waals surface area contributed by atoms with E-state index in [0.29, 0.717) is 0 Å². The zero-order valence-corrected chi connectivity index (χ0v) is 22.9. The predicted molar refractivity (Wildman–Crippen MR) is 154 cm³/mol. The number of hydrogen-bond donors (Lipinski definition) is 2. The van der Waals surface area contributed by atoms with Crippen LogP contribution in [0.15, 0.2) is 89.8 Å². The molecule has 5 rings (SSSR count). The highest BCUT2D eigenvalue weighted by atomic mass is 32.2.